The Labute approximate surface area is 70.0 Å². The maximum absolute atomic E-state index is 9.49. The zero-order valence-electron chi connectivity index (χ0n) is 5.44. The topological polar surface area (TPSA) is 103 Å². The van der Waals surface area contributed by atoms with Crippen molar-refractivity contribution in [1.29, 1.82) is 0 Å². The molecule has 0 saturated heterocycles. The van der Waals surface area contributed by atoms with Crippen molar-refractivity contribution in [2.24, 2.45) is 0 Å². The number of carboxylic acid groups (broad SMARTS) is 1. The van der Waals surface area contributed by atoms with Crippen molar-refractivity contribution >= 4 is 29.0 Å². The Bertz CT molecular complexity index is 56.5. The maximum Gasteiger partial charge on any atom is 2.00 e. The Hall–Kier alpha value is 0.156. The molecule has 0 spiro atoms. The summed E-state index contributed by atoms with van der Waals surface area (Å²) in [6.45, 7) is 1.80. The minimum Gasteiger partial charge on any atom is -0.550 e. The van der Waals surface area contributed by atoms with Crippen LogP contribution >= 0.6 is 0 Å². The Morgan fingerprint density at radius 1 is 1.44 bits per heavy atom. The summed E-state index contributed by atoms with van der Waals surface area (Å²) in [5.74, 6) is -0.961. The predicted molar refractivity (Wildman–Crippen MR) is 32.9 cm³/mol. The van der Waals surface area contributed by atoms with Gasteiger partial charge in [-0.05, 0) is 6.42 Å². The van der Waals surface area contributed by atoms with Crippen LogP contribution in [-0.4, -0.2) is 40.0 Å². The first-order valence-corrected chi connectivity index (χ1v) is 1.97. The van der Waals surface area contributed by atoms with E-state index < -0.39 is 5.97 Å². The average molecular weight is 147 g/mol. The van der Waals surface area contributed by atoms with Gasteiger partial charge in [-0.1, -0.05) is 13.3 Å². The van der Waals surface area contributed by atoms with Crippen molar-refractivity contribution in [3.05, 3.63) is 0 Å². The van der Waals surface area contributed by atoms with Gasteiger partial charge in [0.2, 0.25) is 0 Å². The molecule has 0 aliphatic heterocycles. The molecule has 0 aliphatic rings. The van der Waals surface area contributed by atoms with Gasteiger partial charge < -0.3 is 20.9 Å². The number of carboxylic acids is 1. The van der Waals surface area contributed by atoms with Gasteiger partial charge >= 0.3 is 23.1 Å². The first kappa shape index (κ1) is 22.9. The van der Waals surface area contributed by atoms with Crippen molar-refractivity contribution in [3.63, 3.8) is 0 Å². The standard InChI is InChI=1S/C4H8O2.Mg.2H2O/c1-2-3-4(5)6;;;/h2-3H2,1H3,(H,5,6);;2*1H2/q;+2;;/p-1. The number of carbonyl (C=O) groups is 1. The van der Waals surface area contributed by atoms with Gasteiger partial charge in [0, 0.05) is 5.97 Å². The van der Waals surface area contributed by atoms with E-state index in [2.05, 4.69) is 0 Å². The number of carbonyl (C=O) groups excluding carboxylic acids is 1. The van der Waals surface area contributed by atoms with Crippen LogP contribution in [0, 0.1) is 0 Å². The summed E-state index contributed by atoms with van der Waals surface area (Å²) in [6, 6.07) is 0. The van der Waals surface area contributed by atoms with Crippen LogP contribution in [0.25, 0.3) is 0 Å². The zero-order valence-corrected chi connectivity index (χ0v) is 6.85. The summed E-state index contributed by atoms with van der Waals surface area (Å²) in [5.41, 5.74) is 0. The molecular formula is C4H11MgO4+. The molecule has 0 aromatic carbocycles. The molecule has 5 heteroatoms. The SMILES string of the molecule is CCCC(=O)[O-].O.O.[Mg+2]. The molecule has 0 bridgehead atoms. The number of rotatable bonds is 2. The number of aliphatic carboxylic acids is 1. The monoisotopic (exact) mass is 147 g/mol. The van der Waals surface area contributed by atoms with Crippen LogP contribution in [0.4, 0.5) is 0 Å². The van der Waals surface area contributed by atoms with E-state index in [4.69, 9.17) is 0 Å². The number of hydrogen-bond donors (Lipinski definition) is 0. The first-order chi connectivity index (χ1) is 2.77. The normalized spacial score (nSPS) is 5.44. The summed E-state index contributed by atoms with van der Waals surface area (Å²) in [5, 5.41) is 9.49. The molecule has 0 heterocycles. The maximum atomic E-state index is 9.49. The summed E-state index contributed by atoms with van der Waals surface area (Å²) in [6.07, 6.45) is 0.850. The summed E-state index contributed by atoms with van der Waals surface area (Å²) in [7, 11) is 0. The third-order valence-electron chi connectivity index (χ3n) is 0.454. The van der Waals surface area contributed by atoms with Crippen molar-refractivity contribution < 1.29 is 20.9 Å². The second kappa shape index (κ2) is 15.7. The Balaban J connectivity index is -0.0000000417. The molecule has 4 nitrogen and oxygen atoms in total. The molecule has 0 unspecified atom stereocenters. The molecule has 0 atom stereocenters. The van der Waals surface area contributed by atoms with Gasteiger partial charge in [-0.3, -0.25) is 0 Å². The molecule has 0 aromatic heterocycles. The minimum atomic E-state index is -0.961. The molecule has 0 saturated carbocycles. The Kier molecular flexibility index (Phi) is 40.0. The van der Waals surface area contributed by atoms with E-state index in [9.17, 15) is 9.90 Å². The molecule has 0 rings (SSSR count). The van der Waals surface area contributed by atoms with Crippen LogP contribution in [0.2, 0.25) is 0 Å². The van der Waals surface area contributed by atoms with E-state index >= 15 is 0 Å². The summed E-state index contributed by atoms with van der Waals surface area (Å²) < 4.78 is 0. The number of hydrogen-bond acceptors (Lipinski definition) is 2. The molecule has 52 valence electrons. The van der Waals surface area contributed by atoms with Crippen LogP contribution in [0.5, 0.6) is 0 Å². The van der Waals surface area contributed by atoms with Gasteiger partial charge in [0.15, 0.2) is 0 Å². The van der Waals surface area contributed by atoms with Crippen molar-refractivity contribution in [2.75, 3.05) is 0 Å². The molecule has 0 radical (unpaired) electrons. The molecule has 0 amide bonds. The van der Waals surface area contributed by atoms with E-state index in [1.807, 2.05) is 0 Å². The Morgan fingerprint density at radius 3 is 1.78 bits per heavy atom. The van der Waals surface area contributed by atoms with Crippen molar-refractivity contribution in [3.8, 4) is 0 Å². The summed E-state index contributed by atoms with van der Waals surface area (Å²) >= 11 is 0. The third-order valence-corrected chi connectivity index (χ3v) is 0.454. The van der Waals surface area contributed by atoms with Gasteiger partial charge in [-0.2, -0.15) is 0 Å². The van der Waals surface area contributed by atoms with E-state index in [0.717, 1.165) is 0 Å². The molecule has 0 fully saturated rings. The first-order valence-electron chi connectivity index (χ1n) is 1.97. The predicted octanol–water partition coefficient (Wildman–Crippen LogP) is -2.49. The molecule has 9 heavy (non-hydrogen) atoms. The summed E-state index contributed by atoms with van der Waals surface area (Å²) in [4.78, 5) is 9.49. The molecular weight excluding hydrogens is 136 g/mol. The van der Waals surface area contributed by atoms with Crippen LogP contribution < -0.4 is 5.11 Å². The largest absolute Gasteiger partial charge is 2.00 e. The van der Waals surface area contributed by atoms with Gasteiger partial charge in [0.1, 0.15) is 0 Å². The van der Waals surface area contributed by atoms with Gasteiger partial charge in [0.25, 0.3) is 0 Å². The third kappa shape index (κ3) is 31.0. The Morgan fingerprint density at radius 2 is 1.78 bits per heavy atom. The van der Waals surface area contributed by atoms with Crippen LogP contribution in [0.1, 0.15) is 19.8 Å². The fourth-order valence-corrected chi connectivity index (χ4v) is 0.204. The quantitative estimate of drug-likeness (QED) is 0.403. The van der Waals surface area contributed by atoms with E-state index in [1.54, 1.807) is 6.92 Å². The van der Waals surface area contributed by atoms with Crippen LogP contribution in [-0.2, 0) is 4.79 Å². The van der Waals surface area contributed by atoms with E-state index in [1.165, 1.54) is 0 Å². The smallest absolute Gasteiger partial charge is 0.550 e. The van der Waals surface area contributed by atoms with E-state index in [-0.39, 0.29) is 40.4 Å². The molecule has 0 aliphatic carbocycles. The molecule has 0 aromatic rings. The fraction of sp³-hybridized carbons (Fsp3) is 0.750. The van der Waals surface area contributed by atoms with Crippen LogP contribution in [0.15, 0.2) is 0 Å². The van der Waals surface area contributed by atoms with E-state index in [0.29, 0.717) is 6.42 Å². The van der Waals surface area contributed by atoms with Gasteiger partial charge in [-0.25, -0.2) is 0 Å². The van der Waals surface area contributed by atoms with Gasteiger partial charge in [-0.15, -0.1) is 0 Å². The average Bonchev–Trinajstić information content (AvgIpc) is 1.35. The minimum absolute atomic E-state index is 0. The van der Waals surface area contributed by atoms with Crippen molar-refractivity contribution in [1.82, 2.24) is 0 Å². The fourth-order valence-electron chi connectivity index (χ4n) is 0.204. The second-order valence-corrected chi connectivity index (χ2v) is 1.12. The second-order valence-electron chi connectivity index (χ2n) is 1.12. The zero-order chi connectivity index (χ0) is 4.99. The van der Waals surface area contributed by atoms with Gasteiger partial charge in [0.05, 0.1) is 0 Å². The van der Waals surface area contributed by atoms with Crippen molar-refractivity contribution in [2.45, 2.75) is 19.8 Å². The molecule has 4 N–H and O–H groups in total. The van der Waals surface area contributed by atoms with Crippen LogP contribution in [0.3, 0.4) is 0 Å².